The third-order valence-corrected chi connectivity index (χ3v) is 2.81. The summed E-state index contributed by atoms with van der Waals surface area (Å²) < 4.78 is 24.4. The quantitative estimate of drug-likeness (QED) is 0.859. The van der Waals surface area contributed by atoms with Crippen molar-refractivity contribution in [3.05, 3.63) is 59.9 Å². The topological polar surface area (TPSA) is 79.5 Å². The van der Waals surface area contributed by atoms with Gasteiger partial charge >= 0.3 is 11.8 Å². The third-order valence-electron chi connectivity index (χ3n) is 2.81. The first-order valence-electron chi connectivity index (χ1n) is 6.31. The first kappa shape index (κ1) is 15.3. The molecule has 6 heteroatoms. The summed E-state index contributed by atoms with van der Waals surface area (Å²) in [7, 11) is 0. The lowest BCUT2D eigenvalue weighted by atomic mass is 10.2. The Bertz CT molecular complexity index is 727. The lowest BCUT2D eigenvalue weighted by molar-refractivity contribution is -0.181. The first-order valence-corrected chi connectivity index (χ1v) is 6.31. The summed E-state index contributed by atoms with van der Waals surface area (Å²) in [6, 6.07) is 13.4. The van der Waals surface area contributed by atoms with Crippen molar-refractivity contribution in [3.8, 4) is 17.6 Å². The molecule has 2 aromatic rings. The second-order valence-electron chi connectivity index (χ2n) is 4.53. The Labute approximate surface area is 126 Å². The van der Waals surface area contributed by atoms with Crippen molar-refractivity contribution in [1.82, 2.24) is 0 Å². The Morgan fingerprint density at radius 2 is 1.91 bits per heavy atom. The molecule has 0 heterocycles. The molecule has 2 aromatic carbocycles. The Morgan fingerprint density at radius 3 is 2.45 bits per heavy atom. The van der Waals surface area contributed by atoms with Gasteiger partial charge in [-0.15, -0.1) is 0 Å². The number of halogens is 1. The molecule has 112 valence electrons. The van der Waals surface area contributed by atoms with Gasteiger partial charge in [0.15, 0.2) is 11.6 Å². The van der Waals surface area contributed by atoms with E-state index < -0.39 is 17.6 Å². The smallest absolute Gasteiger partial charge is 0.390 e. The van der Waals surface area contributed by atoms with Gasteiger partial charge in [-0.3, -0.25) is 0 Å². The number of carboxylic acid groups (broad SMARTS) is 1. The van der Waals surface area contributed by atoms with E-state index in [0.717, 1.165) is 6.07 Å². The van der Waals surface area contributed by atoms with Gasteiger partial charge in [0, 0.05) is 6.92 Å². The van der Waals surface area contributed by atoms with Gasteiger partial charge in [-0.05, 0) is 30.3 Å². The van der Waals surface area contributed by atoms with Crippen LogP contribution in [0.3, 0.4) is 0 Å². The lowest BCUT2D eigenvalue weighted by Crippen LogP contribution is -2.47. The van der Waals surface area contributed by atoms with Gasteiger partial charge in [0.2, 0.25) is 0 Å². The van der Waals surface area contributed by atoms with Crippen molar-refractivity contribution in [2.75, 3.05) is 0 Å². The maximum absolute atomic E-state index is 13.8. The molecule has 0 radical (unpaired) electrons. The number of aliphatic carboxylic acids is 1. The Morgan fingerprint density at radius 1 is 1.23 bits per heavy atom. The van der Waals surface area contributed by atoms with Gasteiger partial charge in [-0.1, -0.05) is 18.2 Å². The second-order valence-corrected chi connectivity index (χ2v) is 4.53. The maximum atomic E-state index is 13.8. The van der Waals surface area contributed by atoms with Gasteiger partial charge in [0.1, 0.15) is 5.75 Å². The molecule has 0 aliphatic carbocycles. The molecule has 2 rings (SSSR count). The predicted molar refractivity (Wildman–Crippen MR) is 74.9 cm³/mol. The molecule has 1 atom stereocenters. The summed E-state index contributed by atoms with van der Waals surface area (Å²) in [5.74, 6) is -4.43. The van der Waals surface area contributed by atoms with Crippen LogP contribution < -0.4 is 9.47 Å². The molecular weight excluding hydrogens is 289 g/mol. The van der Waals surface area contributed by atoms with Gasteiger partial charge in [0.05, 0.1) is 11.6 Å². The highest BCUT2D eigenvalue weighted by molar-refractivity contribution is 5.76. The van der Waals surface area contributed by atoms with Gasteiger partial charge < -0.3 is 14.6 Å². The van der Waals surface area contributed by atoms with Crippen molar-refractivity contribution in [2.45, 2.75) is 12.7 Å². The number of nitrogens with zero attached hydrogens (tertiary/aromatic N) is 1. The minimum atomic E-state index is -2.11. The Kier molecular flexibility index (Phi) is 4.28. The highest BCUT2D eigenvalue weighted by Crippen LogP contribution is 2.26. The summed E-state index contributed by atoms with van der Waals surface area (Å²) in [5, 5.41) is 18.0. The van der Waals surface area contributed by atoms with Crippen molar-refractivity contribution < 1.29 is 23.8 Å². The molecule has 0 fully saturated rings. The maximum Gasteiger partial charge on any atom is 0.390 e. The zero-order valence-electron chi connectivity index (χ0n) is 11.6. The van der Waals surface area contributed by atoms with E-state index in [1.165, 1.54) is 19.1 Å². The van der Waals surface area contributed by atoms with Crippen LogP contribution in [0.5, 0.6) is 11.5 Å². The van der Waals surface area contributed by atoms with Crippen LogP contribution in [-0.4, -0.2) is 16.9 Å². The molecule has 0 saturated heterocycles. The van der Waals surface area contributed by atoms with Crippen LogP contribution in [0.25, 0.3) is 0 Å². The average Bonchev–Trinajstić information content (AvgIpc) is 2.50. The third kappa shape index (κ3) is 3.33. The van der Waals surface area contributed by atoms with E-state index in [9.17, 15) is 14.3 Å². The van der Waals surface area contributed by atoms with Crippen LogP contribution in [0.4, 0.5) is 4.39 Å². The van der Waals surface area contributed by atoms with Crippen molar-refractivity contribution in [1.29, 1.82) is 5.26 Å². The zero-order chi connectivity index (χ0) is 16.2. The van der Waals surface area contributed by atoms with Crippen LogP contribution >= 0.6 is 0 Å². The fraction of sp³-hybridized carbons (Fsp3) is 0.125. The summed E-state index contributed by atoms with van der Waals surface area (Å²) >= 11 is 0. The summed E-state index contributed by atoms with van der Waals surface area (Å²) in [6.45, 7) is 1.17. The molecule has 0 aromatic heterocycles. The SMILES string of the molecule is CC(Oc1ccccc1)(Oc1ccc(C#N)cc1F)C(=O)O. The fourth-order valence-electron chi connectivity index (χ4n) is 1.68. The lowest BCUT2D eigenvalue weighted by Gasteiger charge is -2.27. The van der Waals surface area contributed by atoms with Crippen molar-refractivity contribution in [2.24, 2.45) is 0 Å². The summed E-state index contributed by atoms with van der Waals surface area (Å²) in [5.41, 5.74) is 0.103. The van der Waals surface area contributed by atoms with E-state index in [1.54, 1.807) is 36.4 Å². The standard InChI is InChI=1S/C16H12FNO4/c1-16(15(19)20,21-12-5-3-2-4-6-12)22-14-8-7-11(10-18)9-13(14)17/h2-9H,1H3,(H,19,20). The van der Waals surface area contributed by atoms with Gasteiger partial charge in [-0.25, -0.2) is 9.18 Å². The van der Waals surface area contributed by atoms with E-state index in [1.807, 2.05) is 0 Å². The normalized spacial score (nSPS) is 12.8. The Balaban J connectivity index is 2.29. The number of ether oxygens (including phenoxy) is 2. The van der Waals surface area contributed by atoms with E-state index in [0.29, 0.717) is 0 Å². The minimum Gasteiger partial charge on any atom is -0.475 e. The van der Waals surface area contributed by atoms with Gasteiger partial charge in [0.25, 0.3) is 0 Å². The minimum absolute atomic E-state index is 0.103. The molecule has 0 bridgehead atoms. The molecule has 0 aliphatic rings. The molecule has 22 heavy (non-hydrogen) atoms. The average molecular weight is 301 g/mol. The highest BCUT2D eigenvalue weighted by atomic mass is 19.1. The largest absolute Gasteiger partial charge is 0.475 e. The van der Waals surface area contributed by atoms with Crippen molar-refractivity contribution in [3.63, 3.8) is 0 Å². The molecular formula is C16H12FNO4. The monoisotopic (exact) mass is 301 g/mol. The number of benzene rings is 2. The summed E-state index contributed by atoms with van der Waals surface area (Å²) in [4.78, 5) is 11.4. The predicted octanol–water partition coefficient (Wildman–Crippen LogP) is 2.96. The molecule has 0 saturated carbocycles. The molecule has 0 aliphatic heterocycles. The molecule has 0 spiro atoms. The summed E-state index contributed by atoms with van der Waals surface area (Å²) in [6.07, 6.45) is 0. The Hall–Kier alpha value is -3.07. The molecule has 5 nitrogen and oxygen atoms in total. The molecule has 1 unspecified atom stereocenters. The van der Waals surface area contributed by atoms with E-state index >= 15 is 0 Å². The number of rotatable bonds is 5. The number of para-hydroxylation sites is 1. The number of hydrogen-bond acceptors (Lipinski definition) is 4. The zero-order valence-corrected chi connectivity index (χ0v) is 11.6. The van der Waals surface area contributed by atoms with E-state index in [4.69, 9.17) is 14.7 Å². The first-order chi connectivity index (χ1) is 10.4. The van der Waals surface area contributed by atoms with Crippen LogP contribution in [-0.2, 0) is 4.79 Å². The second kappa shape index (κ2) is 6.14. The molecule has 0 amide bonds. The van der Waals surface area contributed by atoms with Crippen LogP contribution in [0.15, 0.2) is 48.5 Å². The van der Waals surface area contributed by atoms with Crippen LogP contribution in [0, 0.1) is 17.1 Å². The number of carboxylic acids is 1. The highest BCUT2D eigenvalue weighted by Gasteiger charge is 2.39. The number of nitriles is 1. The van der Waals surface area contributed by atoms with E-state index in [2.05, 4.69) is 0 Å². The fourth-order valence-corrected chi connectivity index (χ4v) is 1.68. The number of carbonyl (C=O) groups is 1. The molecule has 1 N–H and O–H groups in total. The van der Waals surface area contributed by atoms with Crippen LogP contribution in [0.1, 0.15) is 12.5 Å². The van der Waals surface area contributed by atoms with Gasteiger partial charge in [-0.2, -0.15) is 5.26 Å². The van der Waals surface area contributed by atoms with Crippen molar-refractivity contribution >= 4 is 5.97 Å². The van der Waals surface area contributed by atoms with E-state index in [-0.39, 0.29) is 17.1 Å². The number of hydrogen-bond donors (Lipinski definition) is 1. The van der Waals surface area contributed by atoms with Crippen LogP contribution in [0.2, 0.25) is 0 Å².